The van der Waals surface area contributed by atoms with Crippen molar-refractivity contribution in [3.63, 3.8) is 0 Å². The van der Waals surface area contributed by atoms with E-state index in [1.807, 2.05) is 18.2 Å². The molecule has 1 N–H and O–H groups in total. The molecule has 0 radical (unpaired) electrons. The van der Waals surface area contributed by atoms with Crippen LogP contribution in [0, 0.1) is 10.1 Å². The number of non-ortho nitro benzene ring substituents is 1. The van der Waals surface area contributed by atoms with E-state index in [0.717, 1.165) is 38.2 Å². The summed E-state index contributed by atoms with van der Waals surface area (Å²) in [7, 11) is 2.96. The maximum Gasteiger partial charge on any atom is 0.338 e. The predicted molar refractivity (Wildman–Crippen MR) is 181 cm³/mol. The molecule has 0 aliphatic carbocycles. The first kappa shape index (κ1) is 33.6. The number of amides is 1. The Morgan fingerprint density at radius 3 is 2.26 bits per heavy atom. The van der Waals surface area contributed by atoms with Crippen molar-refractivity contribution in [2.75, 3.05) is 40.4 Å². The normalized spacial score (nSPS) is 17.9. The van der Waals surface area contributed by atoms with Crippen LogP contribution in [0.4, 0.5) is 5.69 Å². The molecule has 1 atom stereocenters. The van der Waals surface area contributed by atoms with Gasteiger partial charge in [0, 0.05) is 29.8 Å². The van der Waals surface area contributed by atoms with Crippen LogP contribution < -0.4 is 10.1 Å². The molecule has 1 fully saturated rings. The number of hydrazine groups is 1. The number of benzene rings is 3. The lowest BCUT2D eigenvalue weighted by molar-refractivity contribution is -0.384. The Labute approximate surface area is 279 Å². The number of methoxy groups -OCH3 is 2. The minimum atomic E-state index is -0.826. The van der Waals surface area contributed by atoms with Gasteiger partial charge < -0.3 is 19.7 Å². The second-order valence-corrected chi connectivity index (χ2v) is 12.1. The van der Waals surface area contributed by atoms with Crippen molar-refractivity contribution in [3.05, 3.63) is 117 Å². The molecule has 2 aliphatic rings. The molecule has 2 aliphatic heterocycles. The average Bonchev–Trinajstić information content (AvgIpc) is 3.10. The number of likely N-dealkylation sites (tertiary alicyclic amines) is 1. The molecule has 1 amide bonds. The number of hydrogen-bond acceptors (Lipinski definition) is 8. The third-order valence-electron chi connectivity index (χ3n) is 9.19. The molecule has 246 valence electrons. The van der Waals surface area contributed by atoms with E-state index in [2.05, 4.69) is 46.6 Å². The number of nitro groups is 1. The molecule has 3 aromatic carbocycles. The lowest BCUT2D eigenvalue weighted by Crippen LogP contribution is -2.56. The van der Waals surface area contributed by atoms with E-state index in [9.17, 15) is 19.7 Å². The third kappa shape index (κ3) is 6.98. The Morgan fingerprint density at radius 2 is 1.68 bits per heavy atom. The van der Waals surface area contributed by atoms with E-state index < -0.39 is 16.9 Å². The number of thiocarbonyl (C=S) groups is 1. The van der Waals surface area contributed by atoms with Crippen LogP contribution in [0.3, 0.4) is 0 Å². The van der Waals surface area contributed by atoms with E-state index in [1.165, 1.54) is 35.4 Å². The third-order valence-corrected chi connectivity index (χ3v) is 9.48. The van der Waals surface area contributed by atoms with Crippen molar-refractivity contribution in [2.45, 2.75) is 37.6 Å². The molecule has 1 unspecified atom stereocenters. The molecule has 0 spiro atoms. The summed E-state index contributed by atoms with van der Waals surface area (Å²) in [4.78, 5) is 38.8. The summed E-state index contributed by atoms with van der Waals surface area (Å²) in [6, 6.07) is 24.1. The van der Waals surface area contributed by atoms with E-state index in [4.69, 9.17) is 21.7 Å². The number of nitrogens with zero attached hydrogens (tertiary/aromatic N) is 4. The van der Waals surface area contributed by atoms with Gasteiger partial charge in [0.1, 0.15) is 11.8 Å². The van der Waals surface area contributed by atoms with Gasteiger partial charge in [-0.1, -0.05) is 42.5 Å². The lowest BCUT2D eigenvalue weighted by Gasteiger charge is -2.45. The molecule has 1 saturated heterocycles. The molecule has 5 rings (SSSR count). The Bertz CT molecular complexity index is 1620. The zero-order chi connectivity index (χ0) is 33.6. The number of piperidine rings is 1. The summed E-state index contributed by atoms with van der Waals surface area (Å²) in [5.41, 5.74) is 3.66. The smallest absolute Gasteiger partial charge is 0.338 e. The van der Waals surface area contributed by atoms with Crippen LogP contribution >= 0.6 is 12.2 Å². The highest BCUT2D eigenvalue weighted by Gasteiger charge is 2.40. The molecule has 47 heavy (non-hydrogen) atoms. The highest BCUT2D eigenvalue weighted by molar-refractivity contribution is 7.80. The van der Waals surface area contributed by atoms with Gasteiger partial charge in [0.25, 0.3) is 5.69 Å². The minimum Gasteiger partial charge on any atom is -0.497 e. The first-order valence-corrected chi connectivity index (χ1v) is 15.9. The number of hydrogen-bond donors (Lipinski definition) is 1. The van der Waals surface area contributed by atoms with Gasteiger partial charge in [-0.25, -0.2) is 9.80 Å². The van der Waals surface area contributed by atoms with Gasteiger partial charge >= 0.3 is 5.97 Å². The zero-order valence-corrected chi connectivity index (χ0v) is 27.6. The highest BCUT2D eigenvalue weighted by Crippen LogP contribution is 2.42. The van der Waals surface area contributed by atoms with Crippen molar-refractivity contribution in [1.29, 1.82) is 0 Å². The highest BCUT2D eigenvalue weighted by atomic mass is 32.1. The van der Waals surface area contributed by atoms with Gasteiger partial charge in [0.05, 0.1) is 24.7 Å². The van der Waals surface area contributed by atoms with Crippen LogP contribution in [0.15, 0.2) is 90.1 Å². The lowest BCUT2D eigenvalue weighted by atomic mass is 9.68. The molecular formula is C35H39N5O6S. The van der Waals surface area contributed by atoms with Gasteiger partial charge in [-0.15, -0.1) is 0 Å². The van der Waals surface area contributed by atoms with Gasteiger partial charge in [-0.3, -0.25) is 19.9 Å². The monoisotopic (exact) mass is 657 g/mol. The Kier molecular flexibility index (Phi) is 10.5. The number of rotatable bonds is 12. The summed E-state index contributed by atoms with van der Waals surface area (Å²) in [6.07, 6.45) is 3.23. The fourth-order valence-electron chi connectivity index (χ4n) is 6.69. The van der Waals surface area contributed by atoms with E-state index in [1.54, 1.807) is 31.2 Å². The molecule has 12 heteroatoms. The number of allylic oxidation sites excluding steroid dienone is 1. The van der Waals surface area contributed by atoms with Gasteiger partial charge in [0.15, 0.2) is 5.11 Å². The van der Waals surface area contributed by atoms with Gasteiger partial charge in [0.2, 0.25) is 6.41 Å². The van der Waals surface area contributed by atoms with Crippen LogP contribution in [-0.4, -0.2) is 77.7 Å². The fraction of sp³-hybridized carbons (Fsp3) is 0.343. The van der Waals surface area contributed by atoms with Crippen molar-refractivity contribution >= 4 is 35.4 Å². The summed E-state index contributed by atoms with van der Waals surface area (Å²) in [5, 5.41) is 17.6. The maximum atomic E-state index is 13.0. The Hall–Kier alpha value is -4.81. The first-order chi connectivity index (χ1) is 22.7. The number of ether oxygens (including phenoxy) is 2. The van der Waals surface area contributed by atoms with Crippen molar-refractivity contribution < 1.29 is 24.0 Å². The second-order valence-electron chi connectivity index (χ2n) is 11.7. The van der Waals surface area contributed by atoms with Crippen molar-refractivity contribution in [1.82, 2.24) is 20.2 Å². The Morgan fingerprint density at radius 1 is 1.04 bits per heavy atom. The molecule has 0 aromatic heterocycles. The maximum absolute atomic E-state index is 13.0. The van der Waals surface area contributed by atoms with Crippen LogP contribution in [-0.2, 0) is 19.7 Å². The standard InChI is InChI=1S/C35H39N5O6S/c1-25-31(33(42)46-3)32(26-10-14-29(15-11-26)40(43)44)39(34(47)36-25)38(24-41)21-7-20-37-22-18-35(19-23-37,27-8-5-4-6-9-27)28-12-16-30(45-2)17-13-28/h4-6,8-17,24,32H,7,18-23H2,1-3H3,(H,36,47). The number of nitrogens with one attached hydrogen (secondary N) is 1. The van der Waals surface area contributed by atoms with Crippen molar-refractivity contribution in [3.8, 4) is 5.75 Å². The van der Waals surface area contributed by atoms with E-state index in [-0.39, 0.29) is 21.8 Å². The largest absolute Gasteiger partial charge is 0.497 e. The molecule has 11 nitrogen and oxygen atoms in total. The molecular weight excluding hydrogens is 618 g/mol. The molecule has 3 aromatic rings. The molecule has 0 bridgehead atoms. The summed E-state index contributed by atoms with van der Waals surface area (Å²) >= 11 is 5.68. The van der Waals surface area contributed by atoms with Crippen LogP contribution in [0.2, 0.25) is 0 Å². The van der Waals surface area contributed by atoms with E-state index in [0.29, 0.717) is 30.6 Å². The molecule has 2 heterocycles. The quantitative estimate of drug-likeness (QED) is 0.0924. The van der Waals surface area contributed by atoms with E-state index >= 15 is 0 Å². The summed E-state index contributed by atoms with van der Waals surface area (Å²) < 4.78 is 10.5. The van der Waals surface area contributed by atoms with Crippen LogP contribution in [0.5, 0.6) is 5.75 Å². The number of carbonyl (C=O) groups excluding carboxylic acids is 2. The van der Waals surface area contributed by atoms with Crippen LogP contribution in [0.25, 0.3) is 0 Å². The predicted octanol–water partition coefficient (Wildman–Crippen LogP) is 5.13. The number of carbonyl (C=O) groups is 2. The minimum absolute atomic E-state index is 0.0887. The fourth-order valence-corrected chi connectivity index (χ4v) is 7.06. The average molecular weight is 658 g/mol. The SMILES string of the molecule is COC(=O)C1=C(C)NC(=S)N(N(C=O)CCCN2CCC(c3ccccc3)(c3ccc(OC)cc3)CC2)C1c1ccc([N+](=O)[O-])cc1. The molecule has 0 saturated carbocycles. The van der Waals surface area contributed by atoms with Crippen LogP contribution in [0.1, 0.15) is 48.9 Å². The topological polar surface area (TPSA) is 117 Å². The Balaban J connectivity index is 1.31. The van der Waals surface area contributed by atoms with Crippen molar-refractivity contribution in [2.24, 2.45) is 0 Å². The van der Waals surface area contributed by atoms with Gasteiger partial charge in [-0.05, 0) is 99.0 Å². The number of nitro benzene ring substituents is 1. The summed E-state index contributed by atoms with van der Waals surface area (Å²) in [5.74, 6) is 0.237. The summed E-state index contributed by atoms with van der Waals surface area (Å²) in [6.45, 7) is 4.56. The number of esters is 1. The van der Waals surface area contributed by atoms with Gasteiger partial charge in [-0.2, -0.15) is 0 Å². The second kappa shape index (κ2) is 14.7. The zero-order valence-electron chi connectivity index (χ0n) is 26.8. The first-order valence-electron chi connectivity index (χ1n) is 15.5.